The highest BCUT2D eigenvalue weighted by Gasteiger charge is 2.34. The Hall–Kier alpha value is -1.50. The van der Waals surface area contributed by atoms with Crippen LogP contribution in [-0.2, 0) is 14.4 Å². The van der Waals surface area contributed by atoms with Crippen molar-refractivity contribution in [3.63, 3.8) is 0 Å². The number of amides is 3. The van der Waals surface area contributed by atoms with Gasteiger partial charge in [-0.25, -0.2) is 0 Å². The van der Waals surface area contributed by atoms with Crippen molar-refractivity contribution in [2.24, 2.45) is 5.92 Å². The van der Waals surface area contributed by atoms with Crippen molar-refractivity contribution in [1.82, 2.24) is 15.5 Å². The summed E-state index contributed by atoms with van der Waals surface area (Å²) in [5.41, 5.74) is 0.678. The van der Waals surface area contributed by atoms with Gasteiger partial charge in [-0.1, -0.05) is 26.8 Å². The molecular formula is C16H27N3O3S. The molecule has 1 unspecified atom stereocenters. The summed E-state index contributed by atoms with van der Waals surface area (Å²) in [6, 6.07) is -0.437. The monoisotopic (exact) mass is 341 g/mol. The maximum absolute atomic E-state index is 12.4. The predicted molar refractivity (Wildman–Crippen MR) is 92.9 cm³/mol. The minimum atomic E-state index is -0.437. The number of allylic oxidation sites excluding steroid dienone is 1. The highest BCUT2D eigenvalue weighted by atomic mass is 32.2. The molecule has 0 aliphatic carbocycles. The SMILES string of the molecule is CCC=C(C)C(=O)N1CSCC1C(=O)NCCNC(=O)C(C)C. The number of thioether (sulfide) groups is 1. The number of nitrogens with zero attached hydrogens (tertiary/aromatic N) is 1. The summed E-state index contributed by atoms with van der Waals surface area (Å²) >= 11 is 1.58. The zero-order valence-corrected chi connectivity index (χ0v) is 15.2. The van der Waals surface area contributed by atoms with Crippen LogP contribution in [0.25, 0.3) is 0 Å². The summed E-state index contributed by atoms with van der Waals surface area (Å²) < 4.78 is 0. The van der Waals surface area contributed by atoms with Gasteiger partial charge in [0.25, 0.3) is 5.91 Å². The molecule has 0 aromatic rings. The molecule has 23 heavy (non-hydrogen) atoms. The molecule has 2 N–H and O–H groups in total. The van der Waals surface area contributed by atoms with Crippen molar-refractivity contribution < 1.29 is 14.4 Å². The fourth-order valence-corrected chi connectivity index (χ4v) is 3.33. The molecule has 0 saturated carbocycles. The summed E-state index contributed by atoms with van der Waals surface area (Å²) in [6.07, 6.45) is 2.67. The van der Waals surface area contributed by atoms with Crippen molar-refractivity contribution in [1.29, 1.82) is 0 Å². The molecule has 0 aromatic heterocycles. The lowest BCUT2D eigenvalue weighted by atomic mass is 10.2. The highest BCUT2D eigenvalue weighted by Crippen LogP contribution is 2.23. The average Bonchev–Trinajstić information content (AvgIpc) is 2.99. The van der Waals surface area contributed by atoms with Gasteiger partial charge in [-0.05, 0) is 13.3 Å². The maximum atomic E-state index is 12.4. The largest absolute Gasteiger partial charge is 0.354 e. The van der Waals surface area contributed by atoms with E-state index in [0.29, 0.717) is 30.3 Å². The van der Waals surface area contributed by atoms with E-state index in [2.05, 4.69) is 10.6 Å². The lowest BCUT2D eigenvalue weighted by molar-refractivity contribution is -0.135. The van der Waals surface area contributed by atoms with Gasteiger partial charge in [0.1, 0.15) is 6.04 Å². The predicted octanol–water partition coefficient (Wildman–Crippen LogP) is 1.13. The zero-order chi connectivity index (χ0) is 17.4. The molecule has 0 spiro atoms. The molecule has 1 atom stereocenters. The average molecular weight is 341 g/mol. The number of carbonyl (C=O) groups excluding carboxylic acids is 3. The van der Waals surface area contributed by atoms with E-state index in [1.807, 2.05) is 26.8 Å². The molecule has 0 bridgehead atoms. The Morgan fingerprint density at radius 1 is 1.26 bits per heavy atom. The molecule has 7 heteroatoms. The molecular weight excluding hydrogens is 314 g/mol. The number of rotatable bonds is 7. The Labute approximate surface area is 142 Å². The lowest BCUT2D eigenvalue weighted by Gasteiger charge is -2.23. The van der Waals surface area contributed by atoms with E-state index in [0.717, 1.165) is 6.42 Å². The third-order valence-corrected chi connectivity index (χ3v) is 4.55. The van der Waals surface area contributed by atoms with E-state index in [-0.39, 0.29) is 23.6 Å². The number of hydrogen-bond donors (Lipinski definition) is 2. The molecule has 130 valence electrons. The Morgan fingerprint density at radius 3 is 2.52 bits per heavy atom. The van der Waals surface area contributed by atoms with Crippen LogP contribution in [0, 0.1) is 5.92 Å². The van der Waals surface area contributed by atoms with Gasteiger partial charge in [-0.2, -0.15) is 0 Å². The van der Waals surface area contributed by atoms with E-state index in [9.17, 15) is 14.4 Å². The van der Waals surface area contributed by atoms with Gasteiger partial charge in [-0.3, -0.25) is 14.4 Å². The van der Waals surface area contributed by atoms with Crippen LogP contribution in [0.5, 0.6) is 0 Å². The number of hydrogen-bond acceptors (Lipinski definition) is 4. The fourth-order valence-electron chi connectivity index (χ4n) is 2.17. The van der Waals surface area contributed by atoms with Gasteiger partial charge in [0.15, 0.2) is 0 Å². The van der Waals surface area contributed by atoms with Crippen LogP contribution < -0.4 is 10.6 Å². The van der Waals surface area contributed by atoms with Crippen LogP contribution >= 0.6 is 11.8 Å². The minimum absolute atomic E-state index is 0.0344. The van der Waals surface area contributed by atoms with Crippen LogP contribution in [0.4, 0.5) is 0 Å². The molecule has 1 aliphatic heterocycles. The van der Waals surface area contributed by atoms with Gasteiger partial charge >= 0.3 is 0 Å². The van der Waals surface area contributed by atoms with E-state index >= 15 is 0 Å². The van der Waals surface area contributed by atoms with Crippen molar-refractivity contribution in [3.8, 4) is 0 Å². The molecule has 6 nitrogen and oxygen atoms in total. The molecule has 1 heterocycles. The summed E-state index contributed by atoms with van der Waals surface area (Å²) in [4.78, 5) is 37.7. The second-order valence-corrected chi connectivity index (χ2v) is 6.82. The standard InChI is InChI=1S/C16H27N3O3S/c1-5-6-12(4)16(22)19-10-23-9-13(19)15(21)18-8-7-17-14(20)11(2)3/h6,11,13H,5,7-10H2,1-4H3,(H,17,20)(H,18,21). The van der Waals surface area contributed by atoms with E-state index in [1.165, 1.54) is 0 Å². The summed E-state index contributed by atoms with van der Waals surface area (Å²) in [5, 5.41) is 5.54. The molecule has 1 aliphatic rings. The maximum Gasteiger partial charge on any atom is 0.250 e. The van der Waals surface area contributed by atoms with Crippen molar-refractivity contribution in [3.05, 3.63) is 11.6 Å². The topological polar surface area (TPSA) is 78.5 Å². The second-order valence-electron chi connectivity index (χ2n) is 5.82. The first-order valence-corrected chi connectivity index (χ1v) is 9.14. The van der Waals surface area contributed by atoms with Crippen LogP contribution in [0.2, 0.25) is 0 Å². The van der Waals surface area contributed by atoms with E-state index in [1.54, 1.807) is 23.6 Å². The molecule has 1 rings (SSSR count). The van der Waals surface area contributed by atoms with E-state index in [4.69, 9.17) is 0 Å². The fraction of sp³-hybridized carbons (Fsp3) is 0.688. The molecule has 0 radical (unpaired) electrons. The van der Waals surface area contributed by atoms with Crippen LogP contribution in [0.1, 0.15) is 34.1 Å². The quantitative estimate of drug-likeness (QED) is 0.537. The summed E-state index contributed by atoms with van der Waals surface area (Å²) in [6.45, 7) is 8.16. The Balaban J connectivity index is 2.47. The zero-order valence-electron chi connectivity index (χ0n) is 14.3. The second kappa shape index (κ2) is 9.60. The molecule has 3 amide bonds. The van der Waals surface area contributed by atoms with Crippen LogP contribution in [0.15, 0.2) is 11.6 Å². The number of carbonyl (C=O) groups is 3. The smallest absolute Gasteiger partial charge is 0.250 e. The number of nitrogens with one attached hydrogen (secondary N) is 2. The van der Waals surface area contributed by atoms with Crippen molar-refractivity contribution >= 4 is 29.5 Å². The third kappa shape index (κ3) is 5.89. The Morgan fingerprint density at radius 2 is 1.91 bits per heavy atom. The minimum Gasteiger partial charge on any atom is -0.354 e. The Bertz CT molecular complexity index is 477. The molecule has 0 aromatic carbocycles. The van der Waals surface area contributed by atoms with Gasteiger partial charge in [0, 0.05) is 30.3 Å². The summed E-state index contributed by atoms with van der Waals surface area (Å²) in [5.74, 6) is 0.799. The van der Waals surface area contributed by atoms with Crippen molar-refractivity contribution in [2.75, 3.05) is 24.7 Å². The van der Waals surface area contributed by atoms with Crippen molar-refractivity contribution in [2.45, 2.75) is 40.2 Å². The first-order chi connectivity index (χ1) is 10.9. The van der Waals surface area contributed by atoms with Crippen LogP contribution in [0.3, 0.4) is 0 Å². The van der Waals surface area contributed by atoms with Gasteiger partial charge < -0.3 is 15.5 Å². The molecule has 1 saturated heterocycles. The van der Waals surface area contributed by atoms with Gasteiger partial charge in [-0.15, -0.1) is 11.8 Å². The highest BCUT2D eigenvalue weighted by molar-refractivity contribution is 7.99. The normalized spacial score (nSPS) is 18.2. The third-order valence-electron chi connectivity index (χ3n) is 3.54. The van der Waals surface area contributed by atoms with Crippen LogP contribution in [-0.4, -0.2) is 53.4 Å². The summed E-state index contributed by atoms with van der Waals surface area (Å²) in [7, 11) is 0. The van der Waals surface area contributed by atoms with Gasteiger partial charge in [0.05, 0.1) is 5.88 Å². The first kappa shape index (κ1) is 19.5. The lowest BCUT2D eigenvalue weighted by Crippen LogP contribution is -2.49. The van der Waals surface area contributed by atoms with Gasteiger partial charge in [0.2, 0.25) is 11.8 Å². The first-order valence-electron chi connectivity index (χ1n) is 7.99. The Kier molecular flexibility index (Phi) is 8.16. The molecule has 1 fully saturated rings. The van der Waals surface area contributed by atoms with E-state index < -0.39 is 6.04 Å².